The summed E-state index contributed by atoms with van der Waals surface area (Å²) in [4.78, 5) is 0. The predicted molar refractivity (Wildman–Crippen MR) is 57.2 cm³/mol. The molecular weight excluding hydrogens is 193 g/mol. The van der Waals surface area contributed by atoms with Crippen LogP contribution in [-0.2, 0) is 4.74 Å². The van der Waals surface area contributed by atoms with Gasteiger partial charge in [0.1, 0.15) is 5.82 Å². The maximum atomic E-state index is 13.1. The fourth-order valence-electron chi connectivity index (χ4n) is 2.15. The standard InChI is InChI=1S/C12H16FNO/c1-15-11-6-3-7-14-12(11)9-4-2-5-10(13)8-9/h2,4-5,8,11-12,14H,3,6-7H2,1H3. The van der Waals surface area contributed by atoms with Crippen LogP contribution in [0.25, 0.3) is 0 Å². The molecule has 15 heavy (non-hydrogen) atoms. The zero-order chi connectivity index (χ0) is 10.7. The maximum Gasteiger partial charge on any atom is 0.123 e. The van der Waals surface area contributed by atoms with Crippen LogP contribution in [0.2, 0.25) is 0 Å². The lowest BCUT2D eigenvalue weighted by Gasteiger charge is -2.31. The molecule has 1 aliphatic rings. The highest BCUT2D eigenvalue weighted by molar-refractivity contribution is 5.21. The smallest absolute Gasteiger partial charge is 0.123 e. The van der Waals surface area contributed by atoms with E-state index < -0.39 is 0 Å². The highest BCUT2D eigenvalue weighted by Gasteiger charge is 2.25. The maximum absolute atomic E-state index is 13.1. The molecule has 1 fully saturated rings. The lowest BCUT2D eigenvalue weighted by Crippen LogP contribution is -2.38. The number of halogens is 1. The fourth-order valence-corrected chi connectivity index (χ4v) is 2.15. The van der Waals surface area contributed by atoms with Gasteiger partial charge >= 0.3 is 0 Å². The van der Waals surface area contributed by atoms with Crippen molar-refractivity contribution in [1.29, 1.82) is 0 Å². The Morgan fingerprint density at radius 1 is 1.47 bits per heavy atom. The minimum Gasteiger partial charge on any atom is -0.379 e. The average Bonchev–Trinajstić information content (AvgIpc) is 2.29. The van der Waals surface area contributed by atoms with Crippen molar-refractivity contribution in [2.24, 2.45) is 0 Å². The summed E-state index contributed by atoms with van der Waals surface area (Å²) >= 11 is 0. The van der Waals surface area contributed by atoms with Crippen molar-refractivity contribution >= 4 is 0 Å². The molecular formula is C12H16FNO. The molecule has 1 aromatic rings. The predicted octanol–water partition coefficient (Wildman–Crippen LogP) is 2.27. The van der Waals surface area contributed by atoms with Crippen molar-refractivity contribution in [3.63, 3.8) is 0 Å². The van der Waals surface area contributed by atoms with Gasteiger partial charge in [-0.15, -0.1) is 0 Å². The second-order valence-electron chi connectivity index (χ2n) is 3.90. The molecule has 0 aliphatic carbocycles. The molecule has 0 bridgehead atoms. The second-order valence-corrected chi connectivity index (χ2v) is 3.90. The Morgan fingerprint density at radius 3 is 3.07 bits per heavy atom. The van der Waals surface area contributed by atoms with Crippen LogP contribution in [0.15, 0.2) is 24.3 Å². The summed E-state index contributed by atoms with van der Waals surface area (Å²) in [7, 11) is 1.71. The van der Waals surface area contributed by atoms with Gasteiger partial charge in [-0.3, -0.25) is 0 Å². The summed E-state index contributed by atoms with van der Waals surface area (Å²) in [6, 6.07) is 6.86. The van der Waals surface area contributed by atoms with Crippen molar-refractivity contribution < 1.29 is 9.13 Å². The van der Waals surface area contributed by atoms with Crippen molar-refractivity contribution in [1.82, 2.24) is 5.32 Å². The van der Waals surface area contributed by atoms with E-state index in [1.165, 1.54) is 6.07 Å². The first-order valence-corrected chi connectivity index (χ1v) is 5.33. The van der Waals surface area contributed by atoms with Gasteiger partial charge in [-0.05, 0) is 37.1 Å². The Balaban J connectivity index is 2.20. The summed E-state index contributed by atoms with van der Waals surface area (Å²) in [5, 5.41) is 3.37. The van der Waals surface area contributed by atoms with Gasteiger partial charge in [0.2, 0.25) is 0 Å². The van der Waals surface area contributed by atoms with Crippen molar-refractivity contribution in [3.05, 3.63) is 35.6 Å². The lowest BCUT2D eigenvalue weighted by atomic mass is 9.94. The molecule has 2 nitrogen and oxygen atoms in total. The van der Waals surface area contributed by atoms with Gasteiger partial charge in [-0.25, -0.2) is 4.39 Å². The van der Waals surface area contributed by atoms with Crippen LogP contribution in [0.3, 0.4) is 0 Å². The van der Waals surface area contributed by atoms with E-state index in [1.54, 1.807) is 19.2 Å². The first-order chi connectivity index (χ1) is 7.31. The topological polar surface area (TPSA) is 21.3 Å². The Morgan fingerprint density at radius 2 is 2.33 bits per heavy atom. The average molecular weight is 209 g/mol. The first kappa shape index (κ1) is 10.6. The molecule has 1 aliphatic heterocycles. The quantitative estimate of drug-likeness (QED) is 0.806. The number of nitrogens with one attached hydrogen (secondary N) is 1. The van der Waals surface area contributed by atoms with E-state index in [2.05, 4.69) is 5.32 Å². The van der Waals surface area contributed by atoms with E-state index in [9.17, 15) is 4.39 Å². The molecule has 0 aromatic heterocycles. The van der Waals surface area contributed by atoms with Crippen LogP contribution in [0, 0.1) is 5.82 Å². The Hall–Kier alpha value is -0.930. The molecule has 82 valence electrons. The molecule has 0 radical (unpaired) electrons. The van der Waals surface area contributed by atoms with Gasteiger partial charge in [0, 0.05) is 7.11 Å². The fraction of sp³-hybridized carbons (Fsp3) is 0.500. The third kappa shape index (κ3) is 2.36. The summed E-state index contributed by atoms with van der Waals surface area (Å²) < 4.78 is 18.5. The number of ether oxygens (including phenoxy) is 1. The molecule has 2 atom stereocenters. The SMILES string of the molecule is COC1CCCNC1c1cccc(F)c1. The van der Waals surface area contributed by atoms with E-state index in [4.69, 9.17) is 4.74 Å². The third-order valence-electron chi connectivity index (χ3n) is 2.91. The monoisotopic (exact) mass is 209 g/mol. The third-order valence-corrected chi connectivity index (χ3v) is 2.91. The van der Waals surface area contributed by atoms with Crippen LogP contribution in [0.4, 0.5) is 4.39 Å². The molecule has 1 heterocycles. The van der Waals surface area contributed by atoms with E-state index in [0.717, 1.165) is 24.9 Å². The molecule has 0 spiro atoms. The van der Waals surface area contributed by atoms with Crippen molar-refractivity contribution in [3.8, 4) is 0 Å². The minimum absolute atomic E-state index is 0.124. The van der Waals surface area contributed by atoms with Gasteiger partial charge in [0.15, 0.2) is 0 Å². The largest absolute Gasteiger partial charge is 0.379 e. The lowest BCUT2D eigenvalue weighted by molar-refractivity contribution is 0.0451. The van der Waals surface area contributed by atoms with Crippen molar-refractivity contribution in [2.75, 3.05) is 13.7 Å². The van der Waals surface area contributed by atoms with E-state index in [1.807, 2.05) is 6.07 Å². The number of rotatable bonds is 2. The highest BCUT2D eigenvalue weighted by atomic mass is 19.1. The van der Waals surface area contributed by atoms with Gasteiger partial charge in [-0.2, -0.15) is 0 Å². The Kier molecular flexibility index (Phi) is 3.34. The van der Waals surface area contributed by atoms with Crippen LogP contribution >= 0.6 is 0 Å². The highest BCUT2D eigenvalue weighted by Crippen LogP contribution is 2.25. The number of hydrogen-bond donors (Lipinski definition) is 1. The van der Waals surface area contributed by atoms with E-state index >= 15 is 0 Å². The summed E-state index contributed by atoms with van der Waals surface area (Å²) in [6.07, 6.45) is 2.30. The molecule has 1 saturated heterocycles. The normalized spacial score (nSPS) is 26.5. The number of methoxy groups -OCH3 is 1. The molecule has 1 aromatic carbocycles. The van der Waals surface area contributed by atoms with Crippen LogP contribution in [-0.4, -0.2) is 19.8 Å². The van der Waals surface area contributed by atoms with Gasteiger partial charge in [0.05, 0.1) is 12.1 Å². The van der Waals surface area contributed by atoms with E-state index in [0.29, 0.717) is 0 Å². The second kappa shape index (κ2) is 4.73. The van der Waals surface area contributed by atoms with Crippen LogP contribution in [0.1, 0.15) is 24.4 Å². The van der Waals surface area contributed by atoms with Gasteiger partial charge in [-0.1, -0.05) is 12.1 Å². The Bertz CT molecular complexity index is 329. The zero-order valence-corrected chi connectivity index (χ0v) is 8.87. The van der Waals surface area contributed by atoms with Crippen LogP contribution < -0.4 is 5.32 Å². The van der Waals surface area contributed by atoms with Gasteiger partial charge in [0.25, 0.3) is 0 Å². The molecule has 2 unspecified atom stereocenters. The van der Waals surface area contributed by atoms with Crippen molar-refractivity contribution in [2.45, 2.75) is 25.0 Å². The minimum atomic E-state index is -0.185. The molecule has 1 N–H and O–H groups in total. The number of piperidine rings is 1. The zero-order valence-electron chi connectivity index (χ0n) is 8.87. The molecule has 0 amide bonds. The summed E-state index contributed by atoms with van der Waals surface area (Å²) in [6.45, 7) is 0.973. The van der Waals surface area contributed by atoms with Crippen LogP contribution in [0.5, 0.6) is 0 Å². The number of hydrogen-bond acceptors (Lipinski definition) is 2. The van der Waals surface area contributed by atoms with Gasteiger partial charge < -0.3 is 10.1 Å². The number of benzene rings is 1. The summed E-state index contributed by atoms with van der Waals surface area (Å²) in [5.74, 6) is -0.185. The first-order valence-electron chi connectivity index (χ1n) is 5.33. The Labute approximate surface area is 89.4 Å². The summed E-state index contributed by atoms with van der Waals surface area (Å²) in [5.41, 5.74) is 0.974. The molecule has 0 saturated carbocycles. The molecule has 3 heteroatoms. The van der Waals surface area contributed by atoms with E-state index in [-0.39, 0.29) is 18.0 Å². The molecule has 2 rings (SSSR count).